The summed E-state index contributed by atoms with van der Waals surface area (Å²) in [5, 5.41) is 8.12. The van der Waals surface area contributed by atoms with Gasteiger partial charge in [-0.15, -0.1) is 11.3 Å². The molecule has 2 aromatic heterocycles. The summed E-state index contributed by atoms with van der Waals surface area (Å²) < 4.78 is 1.38. The second-order valence-electron chi connectivity index (χ2n) is 7.52. The number of thiophene rings is 1. The van der Waals surface area contributed by atoms with Crippen LogP contribution in [0.2, 0.25) is 5.02 Å². The number of carbonyl (C=O) groups excluding carboxylic acids is 1. The van der Waals surface area contributed by atoms with Crippen molar-refractivity contribution in [3.63, 3.8) is 0 Å². The molecule has 158 valence electrons. The summed E-state index contributed by atoms with van der Waals surface area (Å²) in [5.41, 5.74) is 2.15. The molecule has 0 saturated heterocycles. The number of aromatic nitrogens is 2. The van der Waals surface area contributed by atoms with Gasteiger partial charge in [-0.3, -0.25) is 14.2 Å². The first-order valence-corrected chi connectivity index (χ1v) is 11.3. The highest BCUT2D eigenvalue weighted by atomic mass is 35.5. The van der Waals surface area contributed by atoms with Crippen molar-refractivity contribution in [2.75, 3.05) is 5.32 Å². The summed E-state index contributed by atoms with van der Waals surface area (Å²) in [6.45, 7) is 1.68. The highest BCUT2D eigenvalue weighted by Gasteiger charge is 2.20. The van der Waals surface area contributed by atoms with Gasteiger partial charge in [-0.05, 0) is 53.6 Å². The smallest absolute Gasteiger partial charge is 0.263 e. The van der Waals surface area contributed by atoms with Gasteiger partial charge in [0.15, 0.2) is 0 Å². The minimum absolute atomic E-state index is 0.238. The molecule has 1 N–H and O–H groups in total. The van der Waals surface area contributed by atoms with Crippen LogP contribution < -0.4 is 10.9 Å². The van der Waals surface area contributed by atoms with Gasteiger partial charge in [0.2, 0.25) is 5.91 Å². The Morgan fingerprint density at radius 3 is 2.59 bits per heavy atom. The summed E-state index contributed by atoms with van der Waals surface area (Å²) in [5.74, 6) is -0.307. The van der Waals surface area contributed by atoms with Crippen LogP contribution in [0.5, 0.6) is 0 Å². The van der Waals surface area contributed by atoms with Crippen molar-refractivity contribution >= 4 is 55.5 Å². The lowest BCUT2D eigenvalue weighted by Gasteiger charge is -2.15. The van der Waals surface area contributed by atoms with Gasteiger partial charge in [0, 0.05) is 21.7 Å². The number of hydrogen-bond acceptors (Lipinski definition) is 4. The number of carbonyl (C=O) groups is 1. The van der Waals surface area contributed by atoms with Gasteiger partial charge in [0.1, 0.15) is 10.9 Å². The van der Waals surface area contributed by atoms with Gasteiger partial charge in [0.05, 0.1) is 11.7 Å². The van der Waals surface area contributed by atoms with Crippen LogP contribution in [0.1, 0.15) is 13.0 Å². The molecular formula is C25H18ClN3O2S. The highest BCUT2D eigenvalue weighted by molar-refractivity contribution is 7.17. The fourth-order valence-electron chi connectivity index (χ4n) is 3.70. The van der Waals surface area contributed by atoms with Crippen LogP contribution in [-0.2, 0) is 4.79 Å². The Labute approximate surface area is 192 Å². The zero-order valence-electron chi connectivity index (χ0n) is 17.1. The monoisotopic (exact) mass is 459 g/mol. The average Bonchev–Trinajstić information content (AvgIpc) is 3.25. The quantitative estimate of drug-likeness (QED) is 0.351. The topological polar surface area (TPSA) is 64.0 Å². The molecule has 1 unspecified atom stereocenters. The van der Waals surface area contributed by atoms with Crippen LogP contribution in [-0.4, -0.2) is 15.5 Å². The van der Waals surface area contributed by atoms with Crippen molar-refractivity contribution in [3.8, 4) is 11.1 Å². The van der Waals surface area contributed by atoms with Crippen molar-refractivity contribution in [3.05, 3.63) is 93.8 Å². The average molecular weight is 460 g/mol. The van der Waals surface area contributed by atoms with Crippen LogP contribution in [0.3, 0.4) is 0 Å². The molecule has 2 heterocycles. The minimum Gasteiger partial charge on any atom is -0.324 e. The molecule has 0 radical (unpaired) electrons. The van der Waals surface area contributed by atoms with E-state index in [9.17, 15) is 9.59 Å². The third-order valence-electron chi connectivity index (χ3n) is 5.49. The Morgan fingerprint density at radius 2 is 1.81 bits per heavy atom. The van der Waals surface area contributed by atoms with Crippen molar-refractivity contribution in [2.45, 2.75) is 13.0 Å². The predicted molar refractivity (Wildman–Crippen MR) is 132 cm³/mol. The van der Waals surface area contributed by atoms with E-state index in [1.165, 1.54) is 22.2 Å². The number of hydrogen-bond donors (Lipinski definition) is 1. The molecule has 3 aromatic carbocycles. The molecule has 0 bridgehead atoms. The predicted octanol–water partition coefficient (Wildman–Crippen LogP) is 6.13. The third-order valence-corrected chi connectivity index (χ3v) is 6.63. The molecule has 5 rings (SSSR count). The standard InChI is InChI=1S/C25H18ClN3O2S/c1-15(23(30)28-20-10-8-19(26)9-11-20)29-14-27-24-22(25(29)31)21(13-32-24)18-7-6-16-4-2-3-5-17(16)12-18/h2-15H,1H3,(H,28,30). The first kappa shape index (κ1) is 20.4. The van der Waals surface area contributed by atoms with Crippen LogP contribution in [0.25, 0.3) is 32.1 Å². The summed E-state index contributed by atoms with van der Waals surface area (Å²) in [6, 6.07) is 20.3. The molecule has 5 aromatic rings. The van der Waals surface area contributed by atoms with Gasteiger partial charge >= 0.3 is 0 Å². The SMILES string of the molecule is CC(C(=O)Nc1ccc(Cl)cc1)n1cnc2scc(-c3ccc4ccccc4c3)c2c1=O. The van der Waals surface area contributed by atoms with Crippen LogP contribution in [0, 0.1) is 0 Å². The summed E-state index contributed by atoms with van der Waals surface area (Å²) in [7, 11) is 0. The van der Waals surface area contributed by atoms with Crippen molar-refractivity contribution in [1.82, 2.24) is 9.55 Å². The van der Waals surface area contributed by atoms with Crippen molar-refractivity contribution in [1.29, 1.82) is 0 Å². The van der Waals surface area contributed by atoms with Gasteiger partial charge in [0.25, 0.3) is 5.56 Å². The molecule has 0 aliphatic rings. The molecule has 5 nitrogen and oxygen atoms in total. The van der Waals surface area contributed by atoms with Crippen LogP contribution in [0.4, 0.5) is 5.69 Å². The Morgan fingerprint density at radius 1 is 1.06 bits per heavy atom. The number of nitrogens with zero attached hydrogens (tertiary/aromatic N) is 2. The number of rotatable bonds is 4. The number of nitrogens with one attached hydrogen (secondary N) is 1. The number of anilines is 1. The Balaban J connectivity index is 1.53. The van der Waals surface area contributed by atoms with Gasteiger partial charge in [-0.1, -0.05) is 48.0 Å². The normalized spacial score (nSPS) is 12.2. The third kappa shape index (κ3) is 3.68. The second-order valence-corrected chi connectivity index (χ2v) is 8.82. The maximum absolute atomic E-state index is 13.4. The number of benzene rings is 3. The van der Waals surface area contributed by atoms with E-state index in [4.69, 9.17) is 11.6 Å². The lowest BCUT2D eigenvalue weighted by Crippen LogP contribution is -2.31. The molecule has 0 aliphatic heterocycles. The molecule has 0 fully saturated rings. The Kier molecular flexibility index (Phi) is 5.25. The first-order valence-electron chi connectivity index (χ1n) is 10.1. The minimum atomic E-state index is -0.737. The first-order chi connectivity index (χ1) is 15.5. The van der Waals surface area contributed by atoms with E-state index < -0.39 is 6.04 Å². The van der Waals surface area contributed by atoms with Gasteiger partial charge in [-0.2, -0.15) is 0 Å². The molecule has 7 heteroatoms. The Hall–Kier alpha value is -3.48. The second kappa shape index (κ2) is 8.22. The molecule has 0 aliphatic carbocycles. The van der Waals surface area contributed by atoms with Crippen molar-refractivity contribution in [2.24, 2.45) is 0 Å². The zero-order chi connectivity index (χ0) is 22.2. The van der Waals surface area contributed by atoms with E-state index in [0.717, 1.165) is 21.9 Å². The van der Waals surface area contributed by atoms with E-state index >= 15 is 0 Å². The zero-order valence-corrected chi connectivity index (χ0v) is 18.7. The van der Waals surface area contributed by atoms with E-state index in [1.807, 2.05) is 35.7 Å². The number of fused-ring (bicyclic) bond motifs is 2. The highest BCUT2D eigenvalue weighted by Crippen LogP contribution is 2.32. The van der Waals surface area contributed by atoms with E-state index in [-0.39, 0.29) is 11.5 Å². The lowest BCUT2D eigenvalue weighted by molar-refractivity contribution is -0.118. The van der Waals surface area contributed by atoms with E-state index in [2.05, 4.69) is 22.4 Å². The number of halogens is 1. The maximum atomic E-state index is 13.4. The Bertz CT molecular complexity index is 1520. The molecule has 0 saturated carbocycles. The molecule has 1 amide bonds. The molecule has 1 atom stereocenters. The van der Waals surface area contributed by atoms with Crippen LogP contribution >= 0.6 is 22.9 Å². The lowest BCUT2D eigenvalue weighted by atomic mass is 10.0. The fraction of sp³-hybridized carbons (Fsp3) is 0.0800. The van der Waals surface area contributed by atoms with E-state index in [1.54, 1.807) is 31.2 Å². The molecule has 32 heavy (non-hydrogen) atoms. The summed E-state index contributed by atoms with van der Waals surface area (Å²) in [6.07, 6.45) is 1.44. The van der Waals surface area contributed by atoms with Crippen LogP contribution in [0.15, 0.2) is 83.2 Å². The maximum Gasteiger partial charge on any atom is 0.263 e. The van der Waals surface area contributed by atoms with Crippen molar-refractivity contribution < 1.29 is 4.79 Å². The van der Waals surface area contributed by atoms with Gasteiger partial charge < -0.3 is 5.32 Å². The fourth-order valence-corrected chi connectivity index (χ4v) is 4.73. The van der Waals surface area contributed by atoms with E-state index in [0.29, 0.717) is 20.9 Å². The summed E-state index contributed by atoms with van der Waals surface area (Å²) in [4.78, 5) is 31.3. The molecule has 0 spiro atoms. The number of amides is 1. The largest absolute Gasteiger partial charge is 0.324 e. The molecular weight excluding hydrogens is 442 g/mol. The summed E-state index contributed by atoms with van der Waals surface area (Å²) >= 11 is 7.33. The van der Waals surface area contributed by atoms with Gasteiger partial charge in [-0.25, -0.2) is 4.98 Å².